The molecule has 0 aliphatic heterocycles. The molecule has 6 nitrogen and oxygen atoms in total. The van der Waals surface area contributed by atoms with Crippen LogP contribution in [0.4, 0.5) is 0 Å². The highest BCUT2D eigenvalue weighted by molar-refractivity contribution is 7.18. The average Bonchev–Trinajstić information content (AvgIpc) is 2.93. The molecule has 0 saturated carbocycles. The number of hydrogen-bond acceptors (Lipinski definition) is 5. The summed E-state index contributed by atoms with van der Waals surface area (Å²) in [6.45, 7) is 8.00. The van der Waals surface area contributed by atoms with Gasteiger partial charge in [0.15, 0.2) is 0 Å². The number of benzene rings is 1. The minimum atomic E-state index is -0.377. The Bertz CT molecular complexity index is 1060. The van der Waals surface area contributed by atoms with Crippen LogP contribution >= 0.6 is 11.3 Å². The molecule has 3 aromatic rings. The van der Waals surface area contributed by atoms with E-state index in [1.165, 1.54) is 27.8 Å². The summed E-state index contributed by atoms with van der Waals surface area (Å²) in [6.07, 6.45) is 2.99. The number of rotatable bonds is 5. The van der Waals surface area contributed by atoms with Gasteiger partial charge in [-0.25, -0.2) is 10.4 Å². The van der Waals surface area contributed by atoms with E-state index in [-0.39, 0.29) is 18.0 Å². The highest BCUT2D eigenvalue weighted by Gasteiger charge is 2.13. The van der Waals surface area contributed by atoms with Crippen LogP contribution in [-0.2, 0) is 11.3 Å². The molecule has 7 heteroatoms. The minimum absolute atomic E-state index is 0.125. The average molecular weight is 382 g/mol. The van der Waals surface area contributed by atoms with Gasteiger partial charge in [-0.05, 0) is 36.5 Å². The zero-order valence-electron chi connectivity index (χ0n) is 15.8. The van der Waals surface area contributed by atoms with Gasteiger partial charge in [-0.3, -0.25) is 14.2 Å². The van der Waals surface area contributed by atoms with E-state index >= 15 is 0 Å². The van der Waals surface area contributed by atoms with E-state index in [0.29, 0.717) is 16.1 Å². The van der Waals surface area contributed by atoms with Crippen LogP contribution in [-0.4, -0.2) is 21.7 Å². The van der Waals surface area contributed by atoms with E-state index < -0.39 is 0 Å². The van der Waals surface area contributed by atoms with Crippen molar-refractivity contribution in [3.8, 4) is 0 Å². The van der Waals surface area contributed by atoms with E-state index in [2.05, 4.69) is 29.4 Å². The molecule has 0 bridgehead atoms. The first-order valence-electron chi connectivity index (χ1n) is 8.74. The van der Waals surface area contributed by atoms with Gasteiger partial charge in [-0.2, -0.15) is 5.10 Å². The van der Waals surface area contributed by atoms with Crippen LogP contribution in [0, 0.1) is 13.8 Å². The Labute approximate surface area is 161 Å². The number of thiophene rings is 1. The first-order valence-corrected chi connectivity index (χ1v) is 9.55. The largest absolute Gasteiger partial charge is 0.289 e. The third kappa shape index (κ3) is 4.14. The summed E-state index contributed by atoms with van der Waals surface area (Å²) in [5, 5.41) is 4.55. The molecule has 1 N–H and O–H groups in total. The van der Waals surface area contributed by atoms with Crippen molar-refractivity contribution in [3.63, 3.8) is 0 Å². The number of carbonyl (C=O) groups excluding carboxylic acids is 1. The van der Waals surface area contributed by atoms with E-state index in [1.54, 1.807) is 6.21 Å². The van der Waals surface area contributed by atoms with Crippen molar-refractivity contribution >= 4 is 33.7 Å². The van der Waals surface area contributed by atoms with Crippen molar-refractivity contribution in [2.24, 2.45) is 5.10 Å². The molecule has 1 aromatic carbocycles. The van der Waals surface area contributed by atoms with Crippen LogP contribution in [0.5, 0.6) is 0 Å². The van der Waals surface area contributed by atoms with Gasteiger partial charge in [0.25, 0.3) is 11.5 Å². The Hall–Kier alpha value is -2.80. The van der Waals surface area contributed by atoms with Crippen LogP contribution in [0.1, 0.15) is 41.3 Å². The Kier molecular flexibility index (Phi) is 5.51. The maximum Gasteiger partial charge on any atom is 0.262 e. The van der Waals surface area contributed by atoms with E-state index in [0.717, 1.165) is 16.0 Å². The third-order valence-electron chi connectivity index (χ3n) is 4.48. The number of hydrogen-bond donors (Lipinski definition) is 1. The fourth-order valence-electron chi connectivity index (χ4n) is 2.72. The fourth-order valence-corrected chi connectivity index (χ4v) is 3.71. The molecule has 2 heterocycles. The Morgan fingerprint density at radius 1 is 1.30 bits per heavy atom. The van der Waals surface area contributed by atoms with Crippen molar-refractivity contribution in [2.75, 3.05) is 0 Å². The number of hydrazone groups is 1. The lowest BCUT2D eigenvalue weighted by Gasteiger charge is -2.05. The number of carbonyl (C=O) groups is 1. The predicted molar refractivity (Wildman–Crippen MR) is 110 cm³/mol. The zero-order chi connectivity index (χ0) is 19.6. The number of fused-ring (bicyclic) bond motifs is 1. The molecule has 0 saturated heterocycles. The number of amides is 1. The highest BCUT2D eigenvalue weighted by Crippen LogP contribution is 2.25. The Morgan fingerprint density at radius 2 is 2.00 bits per heavy atom. The second-order valence-electron chi connectivity index (χ2n) is 6.76. The van der Waals surface area contributed by atoms with Crippen LogP contribution in [0.25, 0.3) is 10.2 Å². The first-order chi connectivity index (χ1) is 12.9. The molecule has 3 rings (SSSR count). The monoisotopic (exact) mass is 382 g/mol. The molecule has 0 unspecified atom stereocenters. The van der Waals surface area contributed by atoms with Gasteiger partial charge in [-0.15, -0.1) is 11.3 Å². The van der Waals surface area contributed by atoms with Gasteiger partial charge in [-0.1, -0.05) is 38.1 Å². The van der Waals surface area contributed by atoms with Gasteiger partial charge in [0.1, 0.15) is 11.4 Å². The summed E-state index contributed by atoms with van der Waals surface area (Å²) >= 11 is 1.49. The minimum Gasteiger partial charge on any atom is -0.289 e. The lowest BCUT2D eigenvalue weighted by molar-refractivity contribution is -0.121. The molecule has 1 amide bonds. The van der Waals surface area contributed by atoms with E-state index in [9.17, 15) is 9.59 Å². The fraction of sp³-hybridized carbons (Fsp3) is 0.300. The van der Waals surface area contributed by atoms with E-state index in [1.807, 2.05) is 38.1 Å². The van der Waals surface area contributed by atoms with Crippen molar-refractivity contribution in [1.29, 1.82) is 0 Å². The quantitative estimate of drug-likeness (QED) is 0.543. The van der Waals surface area contributed by atoms with Crippen LogP contribution in [0.15, 0.2) is 40.5 Å². The molecular weight excluding hydrogens is 360 g/mol. The number of aryl methyl sites for hydroxylation is 2. The van der Waals surface area contributed by atoms with Gasteiger partial charge in [0, 0.05) is 4.88 Å². The summed E-state index contributed by atoms with van der Waals surface area (Å²) < 4.78 is 1.31. The molecule has 140 valence electrons. The summed E-state index contributed by atoms with van der Waals surface area (Å²) in [5.74, 6) is 0.0912. The SMILES string of the molecule is Cc1sc2ncn(CC(=O)N/N=C\c3ccc(C(C)C)cc3)c(=O)c2c1C. The summed E-state index contributed by atoms with van der Waals surface area (Å²) in [6, 6.07) is 7.99. The van der Waals surface area contributed by atoms with Crippen LogP contribution < -0.4 is 11.0 Å². The molecule has 0 fully saturated rings. The zero-order valence-corrected chi connectivity index (χ0v) is 16.6. The number of nitrogens with one attached hydrogen (secondary N) is 1. The smallest absolute Gasteiger partial charge is 0.262 e. The molecule has 2 aromatic heterocycles. The maximum absolute atomic E-state index is 12.6. The van der Waals surface area contributed by atoms with Gasteiger partial charge in [0.05, 0.1) is 17.9 Å². The van der Waals surface area contributed by atoms with E-state index in [4.69, 9.17) is 0 Å². The second kappa shape index (κ2) is 7.84. The molecule has 0 aliphatic carbocycles. The van der Waals surface area contributed by atoms with Crippen LogP contribution in [0.3, 0.4) is 0 Å². The van der Waals surface area contributed by atoms with Gasteiger partial charge in [0.2, 0.25) is 0 Å². The highest BCUT2D eigenvalue weighted by atomic mass is 32.1. The van der Waals surface area contributed by atoms with Crippen molar-refractivity contribution in [3.05, 3.63) is 62.5 Å². The van der Waals surface area contributed by atoms with Crippen LogP contribution in [0.2, 0.25) is 0 Å². The van der Waals surface area contributed by atoms with Gasteiger partial charge >= 0.3 is 0 Å². The molecular formula is C20H22N4O2S. The molecule has 27 heavy (non-hydrogen) atoms. The Balaban J connectivity index is 1.67. The summed E-state index contributed by atoms with van der Waals surface area (Å²) in [5.41, 5.74) is 5.32. The summed E-state index contributed by atoms with van der Waals surface area (Å²) in [7, 11) is 0. The van der Waals surface area contributed by atoms with Crippen molar-refractivity contribution in [2.45, 2.75) is 40.2 Å². The molecule has 0 spiro atoms. The Morgan fingerprint density at radius 3 is 2.67 bits per heavy atom. The molecule has 0 radical (unpaired) electrons. The standard InChI is InChI=1S/C20H22N4O2S/c1-12(2)16-7-5-15(6-8-16)9-22-23-17(25)10-24-11-21-19-18(20(24)26)13(3)14(4)27-19/h5-9,11-12H,10H2,1-4H3,(H,23,25)/b22-9-. The normalized spacial score (nSPS) is 11.6. The first kappa shape index (κ1) is 19.0. The predicted octanol–water partition coefficient (Wildman–Crippen LogP) is 3.35. The third-order valence-corrected chi connectivity index (χ3v) is 5.59. The van der Waals surface area contributed by atoms with Crippen molar-refractivity contribution in [1.82, 2.24) is 15.0 Å². The number of aromatic nitrogens is 2. The topological polar surface area (TPSA) is 76.3 Å². The lowest BCUT2D eigenvalue weighted by atomic mass is 10.0. The number of nitrogens with zero attached hydrogens (tertiary/aromatic N) is 3. The second-order valence-corrected chi connectivity index (χ2v) is 7.96. The molecule has 0 atom stereocenters. The lowest BCUT2D eigenvalue weighted by Crippen LogP contribution is -2.30. The maximum atomic E-state index is 12.6. The molecule has 0 aliphatic rings. The van der Waals surface area contributed by atoms with Gasteiger partial charge < -0.3 is 0 Å². The summed E-state index contributed by atoms with van der Waals surface area (Å²) in [4.78, 5) is 30.8. The van der Waals surface area contributed by atoms with Crippen molar-refractivity contribution < 1.29 is 4.79 Å².